The number of rotatable bonds is 10. The quantitative estimate of drug-likeness (QED) is 0.335. The van der Waals surface area contributed by atoms with E-state index >= 15 is 0 Å². The Morgan fingerprint density at radius 1 is 0.941 bits per heavy atom. The molecule has 0 aliphatic heterocycles. The fourth-order valence-electron chi connectivity index (χ4n) is 2.47. The molecule has 0 unspecified atom stereocenters. The van der Waals surface area contributed by atoms with Gasteiger partial charge in [-0.05, 0) is 45.4 Å². The Morgan fingerprint density at radius 3 is 1.76 bits per heavy atom. The fourth-order valence-corrected chi connectivity index (χ4v) is 2.80. The van der Waals surface area contributed by atoms with Gasteiger partial charge in [-0.25, -0.2) is 0 Å². The van der Waals surface area contributed by atoms with Crippen LogP contribution in [0.1, 0.15) is 47.0 Å². The smallest absolute Gasteiger partial charge is 0.0622 e. The van der Waals surface area contributed by atoms with E-state index in [4.69, 9.17) is 0 Å². The third-order valence-electron chi connectivity index (χ3n) is 3.54. The summed E-state index contributed by atoms with van der Waals surface area (Å²) < 4.78 is 0. The molecule has 0 N–H and O–H groups in total. The SMILES string of the molecule is CCN(CC)C(CCCC=C[SiH3])N(CC)CC. The van der Waals surface area contributed by atoms with Crippen LogP contribution in [0.4, 0.5) is 0 Å². The zero-order valence-electron chi connectivity index (χ0n) is 12.6. The largest absolute Gasteiger partial charge is 0.288 e. The lowest BCUT2D eigenvalue weighted by Gasteiger charge is -2.38. The van der Waals surface area contributed by atoms with Crippen LogP contribution in [-0.2, 0) is 0 Å². The lowest BCUT2D eigenvalue weighted by Crippen LogP contribution is -2.48. The van der Waals surface area contributed by atoms with Crippen LogP contribution in [-0.4, -0.2) is 52.4 Å². The van der Waals surface area contributed by atoms with Gasteiger partial charge in [0.2, 0.25) is 0 Å². The van der Waals surface area contributed by atoms with E-state index in [1.54, 1.807) is 0 Å². The van der Waals surface area contributed by atoms with Crippen molar-refractivity contribution in [2.24, 2.45) is 0 Å². The van der Waals surface area contributed by atoms with Crippen molar-refractivity contribution < 1.29 is 0 Å². The highest BCUT2D eigenvalue weighted by Crippen LogP contribution is 2.13. The van der Waals surface area contributed by atoms with Crippen molar-refractivity contribution in [1.82, 2.24) is 9.80 Å². The Bertz CT molecular complexity index is 175. The van der Waals surface area contributed by atoms with Gasteiger partial charge in [-0.15, -0.1) is 5.70 Å². The Hall–Kier alpha value is -0.123. The highest BCUT2D eigenvalue weighted by atomic mass is 28.1. The van der Waals surface area contributed by atoms with Crippen LogP contribution in [0, 0.1) is 0 Å². The molecule has 0 aliphatic carbocycles. The summed E-state index contributed by atoms with van der Waals surface area (Å²) in [4.78, 5) is 5.19. The molecule has 0 bridgehead atoms. The molecule has 0 aromatic rings. The molecule has 0 heterocycles. The molecular weight excluding hydrogens is 224 g/mol. The predicted octanol–water partition coefficient (Wildman–Crippen LogP) is 2.05. The van der Waals surface area contributed by atoms with E-state index in [2.05, 4.69) is 49.3 Å². The van der Waals surface area contributed by atoms with Gasteiger partial charge in [0.15, 0.2) is 0 Å². The number of nitrogens with zero attached hydrogens (tertiary/aromatic N) is 2. The summed E-state index contributed by atoms with van der Waals surface area (Å²) in [6.07, 6.45) is 6.85. The standard InChI is InChI=1S/C14H32N2Si/c1-5-15(6-2)14(16(7-3)8-4)12-10-9-11-13-17/h11,13-14H,5-10,12H2,1-4,17H3. The second kappa shape index (κ2) is 11.0. The molecule has 0 amide bonds. The average molecular weight is 257 g/mol. The van der Waals surface area contributed by atoms with E-state index in [1.165, 1.54) is 29.5 Å². The number of unbranched alkanes of at least 4 members (excludes halogenated alkanes) is 1. The number of allylic oxidation sites excluding steroid dienone is 1. The van der Waals surface area contributed by atoms with E-state index < -0.39 is 0 Å². The Kier molecular flexibility index (Phi) is 10.9. The Labute approximate surface area is 111 Å². The van der Waals surface area contributed by atoms with Crippen LogP contribution in [0.15, 0.2) is 11.8 Å². The molecule has 0 saturated carbocycles. The molecule has 0 fully saturated rings. The van der Waals surface area contributed by atoms with Gasteiger partial charge in [-0.3, -0.25) is 9.80 Å². The van der Waals surface area contributed by atoms with Gasteiger partial charge >= 0.3 is 0 Å². The van der Waals surface area contributed by atoms with Crippen LogP contribution >= 0.6 is 0 Å². The van der Waals surface area contributed by atoms with Gasteiger partial charge in [0.25, 0.3) is 0 Å². The maximum atomic E-state index is 2.59. The number of hydrogen-bond donors (Lipinski definition) is 0. The maximum Gasteiger partial charge on any atom is 0.0622 e. The minimum atomic E-state index is 0.641. The van der Waals surface area contributed by atoms with Gasteiger partial charge in [-0.1, -0.05) is 33.8 Å². The first-order valence-electron chi connectivity index (χ1n) is 7.34. The lowest BCUT2D eigenvalue weighted by molar-refractivity contribution is 0.0489. The fraction of sp³-hybridized carbons (Fsp3) is 0.857. The zero-order valence-corrected chi connectivity index (χ0v) is 14.6. The Morgan fingerprint density at radius 2 is 1.41 bits per heavy atom. The minimum absolute atomic E-state index is 0.641. The van der Waals surface area contributed by atoms with Crippen molar-refractivity contribution in [2.45, 2.75) is 53.1 Å². The highest BCUT2D eigenvalue weighted by molar-refractivity contribution is 6.16. The van der Waals surface area contributed by atoms with Crippen LogP contribution in [0.5, 0.6) is 0 Å². The normalized spacial score (nSPS) is 12.6. The lowest BCUT2D eigenvalue weighted by atomic mass is 10.1. The summed E-state index contributed by atoms with van der Waals surface area (Å²) in [6.45, 7) is 13.7. The minimum Gasteiger partial charge on any atom is -0.288 e. The first-order valence-corrected chi connectivity index (χ1v) is 8.49. The van der Waals surface area contributed by atoms with Crippen molar-refractivity contribution in [2.75, 3.05) is 26.2 Å². The summed E-state index contributed by atoms with van der Waals surface area (Å²) >= 11 is 0. The van der Waals surface area contributed by atoms with E-state index in [0.29, 0.717) is 6.17 Å². The molecule has 3 heteroatoms. The van der Waals surface area contributed by atoms with Crippen molar-refractivity contribution >= 4 is 10.2 Å². The van der Waals surface area contributed by atoms with E-state index in [-0.39, 0.29) is 0 Å². The molecule has 0 spiro atoms. The molecule has 0 atom stereocenters. The van der Waals surface area contributed by atoms with Crippen molar-refractivity contribution in [3.8, 4) is 0 Å². The third kappa shape index (κ3) is 6.39. The first-order chi connectivity index (χ1) is 8.24. The molecule has 0 aromatic carbocycles. The molecule has 0 radical (unpaired) electrons. The molecule has 2 nitrogen and oxygen atoms in total. The van der Waals surface area contributed by atoms with Gasteiger partial charge in [0.05, 0.1) is 6.17 Å². The first kappa shape index (κ1) is 16.9. The summed E-state index contributed by atoms with van der Waals surface area (Å²) in [5, 5.41) is 0. The topological polar surface area (TPSA) is 6.48 Å². The van der Waals surface area contributed by atoms with Gasteiger partial charge in [-0.2, -0.15) is 0 Å². The molecule has 0 aliphatic rings. The summed E-state index contributed by atoms with van der Waals surface area (Å²) in [5.74, 6) is 0. The summed E-state index contributed by atoms with van der Waals surface area (Å²) in [5.41, 5.74) is 2.30. The van der Waals surface area contributed by atoms with Crippen molar-refractivity contribution in [3.63, 3.8) is 0 Å². The maximum absolute atomic E-state index is 2.59. The monoisotopic (exact) mass is 256 g/mol. The van der Waals surface area contributed by atoms with Gasteiger partial charge in [0.1, 0.15) is 0 Å². The Balaban J connectivity index is 4.37. The zero-order chi connectivity index (χ0) is 13.1. The predicted molar refractivity (Wildman–Crippen MR) is 82.6 cm³/mol. The van der Waals surface area contributed by atoms with Gasteiger partial charge < -0.3 is 0 Å². The molecule has 0 saturated heterocycles. The van der Waals surface area contributed by atoms with Crippen LogP contribution in [0.3, 0.4) is 0 Å². The van der Waals surface area contributed by atoms with Gasteiger partial charge in [0, 0.05) is 10.2 Å². The van der Waals surface area contributed by atoms with E-state index in [9.17, 15) is 0 Å². The molecule has 102 valence electrons. The third-order valence-corrected chi connectivity index (χ3v) is 4.01. The van der Waals surface area contributed by atoms with Crippen LogP contribution in [0.25, 0.3) is 0 Å². The van der Waals surface area contributed by atoms with Crippen molar-refractivity contribution in [3.05, 3.63) is 11.8 Å². The van der Waals surface area contributed by atoms with Crippen molar-refractivity contribution in [1.29, 1.82) is 0 Å². The summed E-state index contributed by atoms with van der Waals surface area (Å²) in [6, 6.07) is 0. The summed E-state index contributed by atoms with van der Waals surface area (Å²) in [7, 11) is 1.20. The second-order valence-electron chi connectivity index (χ2n) is 4.42. The van der Waals surface area contributed by atoms with Crippen LogP contribution in [0.2, 0.25) is 0 Å². The van der Waals surface area contributed by atoms with E-state index in [0.717, 1.165) is 26.2 Å². The molecular formula is C14H32N2Si. The molecule has 0 rings (SSSR count). The average Bonchev–Trinajstić information content (AvgIpc) is 2.36. The van der Waals surface area contributed by atoms with Crippen LogP contribution < -0.4 is 0 Å². The van der Waals surface area contributed by atoms with E-state index in [1.807, 2.05) is 0 Å². The highest BCUT2D eigenvalue weighted by Gasteiger charge is 2.20. The number of hydrogen-bond acceptors (Lipinski definition) is 2. The molecule has 17 heavy (non-hydrogen) atoms. The molecule has 0 aromatic heterocycles. The second-order valence-corrected chi connectivity index (χ2v) is 5.09.